The van der Waals surface area contributed by atoms with Crippen molar-refractivity contribution in [2.24, 2.45) is 0 Å². The van der Waals surface area contributed by atoms with E-state index in [2.05, 4.69) is 10.3 Å². The minimum Gasteiger partial charge on any atom is -0.496 e. The fraction of sp³-hybridized carbons (Fsp3) is 0.278. The van der Waals surface area contributed by atoms with Gasteiger partial charge in [-0.3, -0.25) is 4.79 Å². The summed E-state index contributed by atoms with van der Waals surface area (Å²) < 4.78 is 20.6. The van der Waals surface area contributed by atoms with Crippen molar-refractivity contribution in [3.05, 3.63) is 40.4 Å². The molecule has 1 aromatic carbocycles. The van der Waals surface area contributed by atoms with Crippen molar-refractivity contribution < 1.29 is 28.5 Å². The minimum absolute atomic E-state index is 0.175. The van der Waals surface area contributed by atoms with Crippen LogP contribution in [0.25, 0.3) is 6.08 Å². The Labute approximate surface area is 160 Å². The van der Waals surface area contributed by atoms with E-state index in [-0.39, 0.29) is 6.54 Å². The Balaban J connectivity index is 1.87. The monoisotopic (exact) mass is 392 g/mol. The molecule has 1 N–H and O–H groups in total. The number of ether oxygens (including phenoxy) is 4. The van der Waals surface area contributed by atoms with Gasteiger partial charge in [-0.25, -0.2) is 9.78 Å². The fourth-order valence-electron chi connectivity index (χ4n) is 2.12. The van der Waals surface area contributed by atoms with E-state index < -0.39 is 18.5 Å². The summed E-state index contributed by atoms with van der Waals surface area (Å²) in [6, 6.07) is 3.38. The van der Waals surface area contributed by atoms with Gasteiger partial charge in [0.2, 0.25) is 0 Å². The number of thiazole rings is 1. The van der Waals surface area contributed by atoms with Gasteiger partial charge in [0.05, 0.1) is 21.3 Å². The van der Waals surface area contributed by atoms with Crippen molar-refractivity contribution in [3.63, 3.8) is 0 Å². The number of aromatic nitrogens is 1. The normalized spacial score (nSPS) is 10.5. The number of amides is 1. The quantitative estimate of drug-likeness (QED) is 0.515. The van der Waals surface area contributed by atoms with Gasteiger partial charge in [-0.2, -0.15) is 0 Å². The maximum atomic E-state index is 11.9. The number of hydrogen-bond acceptors (Lipinski definition) is 8. The third kappa shape index (κ3) is 6.00. The van der Waals surface area contributed by atoms with Crippen LogP contribution in [0.5, 0.6) is 17.2 Å². The molecule has 0 saturated heterocycles. The van der Waals surface area contributed by atoms with Gasteiger partial charge in [0, 0.05) is 35.8 Å². The first kappa shape index (κ1) is 20.2. The topological polar surface area (TPSA) is 96.0 Å². The molecule has 0 aliphatic heterocycles. The molecule has 2 rings (SSSR count). The Morgan fingerprint density at radius 3 is 2.44 bits per heavy atom. The first-order valence-electron chi connectivity index (χ1n) is 7.87. The maximum absolute atomic E-state index is 11.9. The number of nitrogens with one attached hydrogen (secondary N) is 1. The van der Waals surface area contributed by atoms with E-state index in [0.29, 0.717) is 27.8 Å². The van der Waals surface area contributed by atoms with Gasteiger partial charge < -0.3 is 24.3 Å². The van der Waals surface area contributed by atoms with E-state index >= 15 is 0 Å². The highest BCUT2D eigenvalue weighted by Crippen LogP contribution is 2.34. The molecule has 0 bridgehead atoms. The molecule has 0 unspecified atom stereocenters. The smallest absolute Gasteiger partial charge is 0.331 e. The lowest BCUT2D eigenvalue weighted by molar-refractivity contribution is -0.143. The molecule has 8 nitrogen and oxygen atoms in total. The molecule has 1 heterocycles. The zero-order valence-corrected chi connectivity index (χ0v) is 16.0. The first-order chi connectivity index (χ1) is 13.1. The minimum atomic E-state index is -0.621. The van der Waals surface area contributed by atoms with Crippen LogP contribution in [0.3, 0.4) is 0 Å². The van der Waals surface area contributed by atoms with Crippen molar-refractivity contribution in [1.29, 1.82) is 0 Å². The van der Waals surface area contributed by atoms with Crippen molar-refractivity contribution >= 4 is 29.3 Å². The Morgan fingerprint density at radius 2 is 1.81 bits per heavy atom. The van der Waals surface area contributed by atoms with Crippen molar-refractivity contribution in [1.82, 2.24) is 10.3 Å². The molecule has 27 heavy (non-hydrogen) atoms. The zero-order chi connectivity index (χ0) is 19.6. The lowest BCUT2D eigenvalue weighted by Crippen LogP contribution is -2.28. The molecule has 144 valence electrons. The summed E-state index contributed by atoms with van der Waals surface area (Å²) in [6.07, 6.45) is 4.38. The van der Waals surface area contributed by atoms with Crippen molar-refractivity contribution in [2.75, 3.05) is 27.9 Å². The summed E-state index contributed by atoms with van der Waals surface area (Å²) in [6.45, 7) is -0.217. The van der Waals surface area contributed by atoms with E-state index in [1.807, 2.05) is 0 Å². The predicted octanol–water partition coefficient (Wildman–Crippen LogP) is 2.04. The molecule has 0 fully saturated rings. The summed E-state index contributed by atoms with van der Waals surface area (Å²) in [7, 11) is 4.56. The van der Waals surface area contributed by atoms with Gasteiger partial charge in [0.15, 0.2) is 18.1 Å². The van der Waals surface area contributed by atoms with Gasteiger partial charge >= 0.3 is 5.97 Å². The van der Waals surface area contributed by atoms with Gasteiger partial charge in [-0.05, 0) is 12.1 Å². The SMILES string of the molecule is COc1cc(OC)c(OC)cc1CNC(=O)COC(=O)C=Cc1nccs1. The van der Waals surface area contributed by atoms with Crippen LogP contribution in [0.2, 0.25) is 0 Å². The summed E-state index contributed by atoms with van der Waals surface area (Å²) in [4.78, 5) is 27.5. The highest BCUT2D eigenvalue weighted by molar-refractivity contribution is 7.10. The third-order valence-corrected chi connectivity index (χ3v) is 4.16. The third-order valence-electron chi connectivity index (χ3n) is 3.42. The molecular formula is C18H20N2O6S. The molecule has 2 aromatic rings. The highest BCUT2D eigenvalue weighted by atomic mass is 32.1. The molecule has 1 aromatic heterocycles. The van der Waals surface area contributed by atoms with Gasteiger partial charge in [0.25, 0.3) is 5.91 Å². The van der Waals surface area contributed by atoms with Crippen LogP contribution in [-0.4, -0.2) is 44.8 Å². The number of benzene rings is 1. The Kier molecular flexibility index (Phi) is 7.63. The van der Waals surface area contributed by atoms with Crippen LogP contribution < -0.4 is 19.5 Å². The summed E-state index contributed by atoms with van der Waals surface area (Å²) in [5.41, 5.74) is 0.693. The van der Waals surface area contributed by atoms with Crippen LogP contribution in [0.1, 0.15) is 10.6 Å². The van der Waals surface area contributed by atoms with Crippen LogP contribution in [0.4, 0.5) is 0 Å². The van der Waals surface area contributed by atoms with Gasteiger partial charge in [-0.15, -0.1) is 11.3 Å². The number of hydrogen-bond donors (Lipinski definition) is 1. The van der Waals surface area contributed by atoms with Crippen molar-refractivity contribution in [2.45, 2.75) is 6.54 Å². The zero-order valence-electron chi connectivity index (χ0n) is 15.2. The first-order valence-corrected chi connectivity index (χ1v) is 8.75. The summed E-state index contributed by atoms with van der Waals surface area (Å²) in [5.74, 6) is 0.509. The molecular weight excluding hydrogens is 372 g/mol. The van der Waals surface area contributed by atoms with Crippen molar-refractivity contribution in [3.8, 4) is 17.2 Å². The second kappa shape index (κ2) is 10.2. The lowest BCUT2D eigenvalue weighted by atomic mass is 10.1. The van der Waals surface area contributed by atoms with E-state index in [1.54, 1.807) is 23.7 Å². The molecule has 9 heteroatoms. The van der Waals surface area contributed by atoms with Crippen LogP contribution in [-0.2, 0) is 20.9 Å². The van der Waals surface area contributed by atoms with E-state index in [0.717, 1.165) is 0 Å². The summed E-state index contributed by atoms with van der Waals surface area (Å²) >= 11 is 1.39. The molecule has 0 radical (unpaired) electrons. The van der Waals surface area contributed by atoms with Crippen LogP contribution >= 0.6 is 11.3 Å². The fourth-order valence-corrected chi connectivity index (χ4v) is 2.65. The van der Waals surface area contributed by atoms with Crippen LogP contribution in [0, 0.1) is 0 Å². The second-order valence-electron chi connectivity index (χ2n) is 5.11. The molecule has 0 aliphatic carbocycles. The lowest BCUT2D eigenvalue weighted by Gasteiger charge is -2.14. The molecule has 0 atom stereocenters. The number of rotatable bonds is 9. The Morgan fingerprint density at radius 1 is 1.11 bits per heavy atom. The maximum Gasteiger partial charge on any atom is 0.331 e. The Hall–Kier alpha value is -3.07. The average molecular weight is 392 g/mol. The average Bonchev–Trinajstić information content (AvgIpc) is 3.21. The number of nitrogens with zero attached hydrogens (tertiary/aromatic N) is 1. The van der Waals surface area contributed by atoms with Crippen LogP contribution in [0.15, 0.2) is 29.8 Å². The second-order valence-corrected chi connectivity index (χ2v) is 6.03. The molecule has 1 amide bonds. The number of esters is 1. The van der Waals surface area contributed by atoms with E-state index in [1.165, 1.54) is 44.8 Å². The van der Waals surface area contributed by atoms with E-state index in [9.17, 15) is 9.59 Å². The number of carbonyl (C=O) groups is 2. The predicted molar refractivity (Wildman–Crippen MR) is 100 cm³/mol. The molecule has 0 saturated carbocycles. The highest BCUT2D eigenvalue weighted by Gasteiger charge is 2.13. The standard InChI is InChI=1S/C18H20N2O6S/c1-23-13-9-15(25-3)14(24-2)8-12(13)10-20-16(21)11-26-18(22)5-4-17-19-6-7-27-17/h4-9H,10-11H2,1-3H3,(H,20,21). The van der Waals surface area contributed by atoms with Gasteiger partial charge in [0.1, 0.15) is 10.8 Å². The molecule has 0 spiro atoms. The number of methoxy groups -OCH3 is 3. The van der Waals surface area contributed by atoms with E-state index in [4.69, 9.17) is 18.9 Å². The Bertz CT molecular complexity index is 804. The number of carbonyl (C=O) groups excluding carboxylic acids is 2. The molecule has 0 aliphatic rings. The largest absolute Gasteiger partial charge is 0.496 e. The summed E-state index contributed by atoms with van der Waals surface area (Å²) in [5, 5.41) is 5.13. The van der Waals surface area contributed by atoms with Gasteiger partial charge in [-0.1, -0.05) is 0 Å².